The van der Waals surface area contributed by atoms with Gasteiger partial charge in [0.1, 0.15) is 5.69 Å². The number of carbonyl (C=O) groups is 2. The summed E-state index contributed by atoms with van der Waals surface area (Å²) in [6, 6.07) is 7.56. The van der Waals surface area contributed by atoms with Gasteiger partial charge < -0.3 is 15.2 Å². The number of rotatable bonds is 3. The zero-order valence-electron chi connectivity index (χ0n) is 13.2. The van der Waals surface area contributed by atoms with E-state index < -0.39 is 0 Å². The number of likely N-dealkylation sites (N-methyl/N-ethyl adjacent to an activating group) is 1. The van der Waals surface area contributed by atoms with Crippen molar-refractivity contribution >= 4 is 38.6 Å². The number of benzene rings is 1. The molecule has 1 heterocycles. The first-order chi connectivity index (χ1) is 10.2. The Kier molecular flexibility index (Phi) is 4.60. The van der Waals surface area contributed by atoms with Crippen molar-refractivity contribution in [3.8, 4) is 0 Å². The number of amides is 2. The number of aromatic amines is 1. The van der Waals surface area contributed by atoms with Crippen LogP contribution in [0.3, 0.4) is 0 Å². The van der Waals surface area contributed by atoms with Crippen molar-refractivity contribution in [2.24, 2.45) is 0 Å². The molecule has 0 saturated heterocycles. The molecule has 0 atom stereocenters. The van der Waals surface area contributed by atoms with Gasteiger partial charge in [-0.2, -0.15) is 0 Å². The van der Waals surface area contributed by atoms with E-state index in [1.807, 2.05) is 39.0 Å². The molecule has 118 valence electrons. The van der Waals surface area contributed by atoms with Gasteiger partial charge in [0.15, 0.2) is 0 Å². The third kappa shape index (κ3) is 4.10. The van der Waals surface area contributed by atoms with Gasteiger partial charge in [0.25, 0.3) is 5.91 Å². The molecule has 0 bridgehead atoms. The second-order valence-electron chi connectivity index (χ2n) is 6.37. The first-order valence-corrected chi connectivity index (χ1v) is 7.80. The molecule has 22 heavy (non-hydrogen) atoms. The largest absolute Gasteiger partial charge is 0.350 e. The highest BCUT2D eigenvalue weighted by Gasteiger charge is 2.19. The highest BCUT2D eigenvalue weighted by atomic mass is 79.9. The van der Waals surface area contributed by atoms with E-state index in [4.69, 9.17) is 0 Å². The molecule has 1 aromatic carbocycles. The van der Waals surface area contributed by atoms with E-state index in [1.165, 1.54) is 4.90 Å². The minimum atomic E-state index is -0.311. The summed E-state index contributed by atoms with van der Waals surface area (Å²) in [6.45, 7) is 5.74. The van der Waals surface area contributed by atoms with Crippen molar-refractivity contribution in [2.45, 2.75) is 26.3 Å². The van der Waals surface area contributed by atoms with Gasteiger partial charge in [0, 0.05) is 28.0 Å². The monoisotopic (exact) mass is 365 g/mol. The van der Waals surface area contributed by atoms with E-state index in [2.05, 4.69) is 26.2 Å². The van der Waals surface area contributed by atoms with E-state index in [9.17, 15) is 9.59 Å². The first kappa shape index (κ1) is 16.5. The Labute approximate surface area is 138 Å². The molecule has 2 rings (SSSR count). The molecule has 0 saturated carbocycles. The van der Waals surface area contributed by atoms with Gasteiger partial charge in [0.05, 0.1) is 6.54 Å². The quantitative estimate of drug-likeness (QED) is 0.877. The van der Waals surface area contributed by atoms with Crippen LogP contribution in [0.15, 0.2) is 28.7 Å². The van der Waals surface area contributed by atoms with Crippen LogP contribution >= 0.6 is 15.9 Å². The van der Waals surface area contributed by atoms with Gasteiger partial charge in [-0.3, -0.25) is 9.59 Å². The molecule has 0 radical (unpaired) electrons. The zero-order valence-corrected chi connectivity index (χ0v) is 14.7. The van der Waals surface area contributed by atoms with Crippen LogP contribution in [0.4, 0.5) is 0 Å². The lowest BCUT2D eigenvalue weighted by Gasteiger charge is -2.23. The molecule has 0 unspecified atom stereocenters. The van der Waals surface area contributed by atoms with Gasteiger partial charge in [-0.25, -0.2) is 0 Å². The predicted molar refractivity (Wildman–Crippen MR) is 90.9 cm³/mol. The zero-order chi connectivity index (χ0) is 16.5. The SMILES string of the molecule is CN(CC(=O)NC(C)(C)C)C(=O)c1cc2ccc(Br)cc2[nH]1. The Morgan fingerprint density at radius 2 is 1.95 bits per heavy atom. The Balaban J connectivity index is 2.10. The number of nitrogens with zero attached hydrogens (tertiary/aromatic N) is 1. The number of fused-ring (bicyclic) bond motifs is 1. The molecule has 2 aromatic rings. The lowest BCUT2D eigenvalue weighted by molar-refractivity contribution is -0.122. The van der Waals surface area contributed by atoms with Crippen LogP contribution in [0.2, 0.25) is 0 Å². The Hall–Kier alpha value is -1.82. The van der Waals surface area contributed by atoms with Gasteiger partial charge in [-0.05, 0) is 39.0 Å². The normalized spacial score (nSPS) is 11.5. The fourth-order valence-electron chi connectivity index (χ4n) is 2.17. The van der Waals surface area contributed by atoms with Crippen LogP contribution < -0.4 is 5.32 Å². The summed E-state index contributed by atoms with van der Waals surface area (Å²) in [6.07, 6.45) is 0. The van der Waals surface area contributed by atoms with Crippen molar-refractivity contribution in [3.05, 3.63) is 34.4 Å². The summed E-state index contributed by atoms with van der Waals surface area (Å²) in [4.78, 5) is 28.8. The topological polar surface area (TPSA) is 65.2 Å². The lowest BCUT2D eigenvalue weighted by atomic mass is 10.1. The molecule has 6 heteroatoms. The standard InChI is InChI=1S/C16H20BrN3O2/c1-16(2,3)19-14(21)9-20(4)15(22)13-7-10-5-6-11(17)8-12(10)18-13/h5-8,18H,9H2,1-4H3,(H,19,21). The summed E-state index contributed by atoms with van der Waals surface area (Å²) in [5.74, 6) is -0.390. The van der Waals surface area contributed by atoms with Crippen LogP contribution in [-0.4, -0.2) is 40.8 Å². The predicted octanol–water partition coefficient (Wildman–Crippen LogP) is 2.92. The summed E-state index contributed by atoms with van der Waals surface area (Å²) >= 11 is 3.40. The third-order valence-electron chi connectivity index (χ3n) is 3.06. The summed E-state index contributed by atoms with van der Waals surface area (Å²) < 4.78 is 0.943. The van der Waals surface area contributed by atoms with Gasteiger partial charge >= 0.3 is 0 Å². The van der Waals surface area contributed by atoms with Crippen LogP contribution in [0.5, 0.6) is 0 Å². The molecule has 1 aromatic heterocycles. The maximum absolute atomic E-state index is 12.4. The van der Waals surface area contributed by atoms with E-state index in [0.29, 0.717) is 5.69 Å². The molecule has 0 spiro atoms. The minimum absolute atomic E-state index is 0.0230. The molecule has 0 fully saturated rings. The molecule has 0 aliphatic rings. The summed E-state index contributed by atoms with van der Waals surface area (Å²) in [7, 11) is 1.62. The average molecular weight is 366 g/mol. The Bertz CT molecular complexity index is 716. The van der Waals surface area contributed by atoms with Crippen molar-refractivity contribution in [3.63, 3.8) is 0 Å². The van der Waals surface area contributed by atoms with Gasteiger partial charge in [-0.1, -0.05) is 22.0 Å². The van der Waals surface area contributed by atoms with Crippen molar-refractivity contribution in [1.29, 1.82) is 0 Å². The highest BCUT2D eigenvalue weighted by Crippen LogP contribution is 2.20. The second-order valence-corrected chi connectivity index (χ2v) is 7.29. The highest BCUT2D eigenvalue weighted by molar-refractivity contribution is 9.10. The minimum Gasteiger partial charge on any atom is -0.350 e. The van der Waals surface area contributed by atoms with Crippen LogP contribution in [-0.2, 0) is 4.79 Å². The van der Waals surface area contributed by atoms with E-state index >= 15 is 0 Å². The van der Waals surface area contributed by atoms with Crippen LogP contribution in [0.25, 0.3) is 10.9 Å². The van der Waals surface area contributed by atoms with Crippen molar-refractivity contribution in [2.75, 3.05) is 13.6 Å². The fourth-order valence-corrected chi connectivity index (χ4v) is 2.53. The van der Waals surface area contributed by atoms with Crippen LogP contribution in [0.1, 0.15) is 31.3 Å². The molecule has 0 aliphatic carbocycles. The molecule has 2 N–H and O–H groups in total. The number of hydrogen-bond donors (Lipinski definition) is 2. The van der Waals surface area contributed by atoms with E-state index in [1.54, 1.807) is 13.1 Å². The maximum atomic E-state index is 12.4. The average Bonchev–Trinajstić information content (AvgIpc) is 2.77. The third-order valence-corrected chi connectivity index (χ3v) is 3.55. The second kappa shape index (κ2) is 6.12. The molecule has 2 amide bonds. The number of halogens is 1. The molecule has 5 nitrogen and oxygen atoms in total. The summed E-state index contributed by atoms with van der Waals surface area (Å²) in [5, 5.41) is 3.80. The number of hydrogen-bond acceptors (Lipinski definition) is 2. The lowest BCUT2D eigenvalue weighted by Crippen LogP contribution is -2.46. The van der Waals surface area contributed by atoms with E-state index in [-0.39, 0.29) is 23.9 Å². The number of aromatic nitrogens is 1. The first-order valence-electron chi connectivity index (χ1n) is 7.00. The van der Waals surface area contributed by atoms with Crippen molar-refractivity contribution in [1.82, 2.24) is 15.2 Å². The Morgan fingerprint density at radius 1 is 1.27 bits per heavy atom. The van der Waals surface area contributed by atoms with Gasteiger partial charge in [0.2, 0.25) is 5.91 Å². The number of H-pyrrole nitrogens is 1. The maximum Gasteiger partial charge on any atom is 0.270 e. The van der Waals surface area contributed by atoms with Crippen molar-refractivity contribution < 1.29 is 9.59 Å². The molecular formula is C16H20BrN3O2. The molecule has 0 aliphatic heterocycles. The number of nitrogens with one attached hydrogen (secondary N) is 2. The Morgan fingerprint density at radius 3 is 2.59 bits per heavy atom. The van der Waals surface area contributed by atoms with E-state index in [0.717, 1.165) is 15.4 Å². The van der Waals surface area contributed by atoms with Crippen LogP contribution in [0, 0.1) is 0 Å². The smallest absolute Gasteiger partial charge is 0.270 e. The molecular weight excluding hydrogens is 346 g/mol. The fraction of sp³-hybridized carbons (Fsp3) is 0.375. The summed E-state index contributed by atoms with van der Waals surface area (Å²) in [5.41, 5.74) is 1.04. The van der Waals surface area contributed by atoms with Gasteiger partial charge in [-0.15, -0.1) is 0 Å². The number of carbonyl (C=O) groups excluding carboxylic acids is 2.